The molecule has 0 saturated carbocycles. The maximum atomic E-state index is 13.6. The van der Waals surface area contributed by atoms with Crippen molar-refractivity contribution in [3.8, 4) is 5.88 Å². The fraction of sp³-hybridized carbons (Fsp3) is 0.625. The van der Waals surface area contributed by atoms with Gasteiger partial charge in [-0.15, -0.1) is 0 Å². The molecule has 5 rings (SSSR count). The minimum atomic E-state index is -0.343. The van der Waals surface area contributed by atoms with Crippen LogP contribution in [0.1, 0.15) is 44.1 Å². The molecule has 0 bridgehead atoms. The highest BCUT2D eigenvalue weighted by Gasteiger charge is 2.40. The number of hydrogen-bond donors (Lipinski definition) is 2. The Bertz CT molecular complexity index is 1210. The van der Waals surface area contributed by atoms with Crippen LogP contribution in [0.3, 0.4) is 0 Å². The number of likely N-dealkylation sites (tertiary alicyclic amines) is 1. The van der Waals surface area contributed by atoms with Crippen molar-refractivity contribution in [3.63, 3.8) is 0 Å². The Morgan fingerprint density at radius 3 is 2.60 bits per heavy atom. The molecule has 0 aromatic carbocycles. The number of methoxy groups -OCH3 is 1. The number of piperidine rings is 1. The molecule has 0 unspecified atom stereocenters. The summed E-state index contributed by atoms with van der Waals surface area (Å²) in [6, 6.07) is 3.78. The van der Waals surface area contributed by atoms with Gasteiger partial charge in [0.05, 0.1) is 52.8 Å². The SMILES string of the molecule is CCc1[nH]c(C)c2c(=O)n(CCC[NH+]3CCC4(CC3)OCCCO4)c3ccc(OC)nc3[n+]12.[Cl-].[Cl-]. The molecule has 35 heavy (non-hydrogen) atoms. The summed E-state index contributed by atoms with van der Waals surface area (Å²) < 4.78 is 21.2. The Morgan fingerprint density at radius 1 is 1.23 bits per heavy atom. The van der Waals surface area contributed by atoms with Crippen LogP contribution in [-0.2, 0) is 22.4 Å². The fourth-order valence-electron chi connectivity index (χ4n) is 5.37. The first kappa shape index (κ1) is 27.7. The molecule has 9 nitrogen and oxygen atoms in total. The normalized spacial score (nSPS) is 17.9. The van der Waals surface area contributed by atoms with Crippen LogP contribution in [0.25, 0.3) is 16.7 Å². The van der Waals surface area contributed by atoms with Crippen molar-refractivity contribution < 1.29 is 48.3 Å². The quantitative estimate of drug-likeness (QED) is 0.312. The molecule has 5 heterocycles. The second-order valence-electron chi connectivity index (χ2n) is 9.20. The van der Waals surface area contributed by atoms with E-state index in [0.29, 0.717) is 17.9 Å². The number of aromatic nitrogens is 4. The van der Waals surface area contributed by atoms with Crippen LogP contribution in [0, 0.1) is 6.92 Å². The third-order valence-corrected chi connectivity index (χ3v) is 7.15. The summed E-state index contributed by atoms with van der Waals surface area (Å²) in [7, 11) is 1.62. The van der Waals surface area contributed by atoms with Crippen LogP contribution in [0.4, 0.5) is 0 Å². The van der Waals surface area contributed by atoms with Gasteiger partial charge in [-0.1, -0.05) is 11.9 Å². The van der Waals surface area contributed by atoms with E-state index < -0.39 is 0 Å². The van der Waals surface area contributed by atoms with E-state index in [2.05, 4.69) is 11.9 Å². The van der Waals surface area contributed by atoms with Crippen molar-refractivity contribution in [1.29, 1.82) is 0 Å². The average Bonchev–Trinajstić information content (AvgIpc) is 3.19. The van der Waals surface area contributed by atoms with Gasteiger partial charge < -0.3 is 43.9 Å². The van der Waals surface area contributed by atoms with Crippen LogP contribution in [0.15, 0.2) is 16.9 Å². The zero-order valence-corrected chi connectivity index (χ0v) is 22.2. The number of pyridine rings is 1. The maximum absolute atomic E-state index is 13.6. The number of fused-ring (bicyclic) bond motifs is 3. The van der Waals surface area contributed by atoms with E-state index in [9.17, 15) is 4.79 Å². The van der Waals surface area contributed by atoms with Crippen LogP contribution in [0.5, 0.6) is 5.88 Å². The van der Waals surface area contributed by atoms with Gasteiger partial charge in [0.15, 0.2) is 5.79 Å². The molecule has 3 aromatic rings. The van der Waals surface area contributed by atoms with E-state index in [-0.39, 0.29) is 36.2 Å². The molecule has 194 valence electrons. The summed E-state index contributed by atoms with van der Waals surface area (Å²) in [6.45, 7) is 9.41. The number of quaternary nitrogens is 1. The van der Waals surface area contributed by atoms with Crippen LogP contribution < -0.4 is 44.4 Å². The number of aryl methyl sites for hydroxylation is 3. The molecule has 2 N–H and O–H groups in total. The summed E-state index contributed by atoms with van der Waals surface area (Å²) in [5.74, 6) is 1.17. The third-order valence-electron chi connectivity index (χ3n) is 7.15. The van der Waals surface area contributed by atoms with Crippen LogP contribution in [-0.4, -0.2) is 60.3 Å². The standard InChI is InChI=1S/C24H33N5O4.2ClH/c1-4-19-25-17(2)21-23(30)28(18-7-8-20(31-3)26-22(18)29(19)21)12-5-11-27-13-9-24(10-14-27)32-15-6-16-33-24;;/h7-8H,4-6,9-16H2,1-3H3;2*1H. The smallest absolute Gasteiger partial charge is 0.296 e. The monoisotopic (exact) mass is 527 g/mol. The Balaban J connectivity index is 0.00000171. The van der Waals surface area contributed by atoms with Gasteiger partial charge in [0.2, 0.25) is 11.3 Å². The predicted octanol–water partition coefficient (Wildman–Crippen LogP) is -5.45. The minimum absolute atomic E-state index is 0. The first-order valence-electron chi connectivity index (χ1n) is 12.2. The number of H-pyrrole nitrogens is 1. The van der Waals surface area contributed by atoms with Gasteiger partial charge in [-0.25, -0.2) is 0 Å². The van der Waals surface area contributed by atoms with E-state index >= 15 is 0 Å². The van der Waals surface area contributed by atoms with Crippen molar-refractivity contribution in [2.75, 3.05) is 40.0 Å². The summed E-state index contributed by atoms with van der Waals surface area (Å²) in [4.78, 5) is 23.2. The van der Waals surface area contributed by atoms with E-state index in [0.717, 1.165) is 87.6 Å². The Kier molecular flexibility index (Phi) is 9.04. The second kappa shape index (κ2) is 11.4. The fourth-order valence-corrected chi connectivity index (χ4v) is 5.37. The lowest BCUT2D eigenvalue weighted by atomic mass is 10.0. The molecular formula is C24H35Cl2N5O4. The number of aromatic amines is 1. The average molecular weight is 528 g/mol. The van der Waals surface area contributed by atoms with E-state index in [1.165, 1.54) is 0 Å². The second-order valence-corrected chi connectivity index (χ2v) is 9.20. The zero-order chi connectivity index (χ0) is 23.0. The lowest BCUT2D eigenvalue weighted by molar-refractivity contribution is -0.909. The molecule has 0 amide bonds. The molecule has 2 fully saturated rings. The zero-order valence-electron chi connectivity index (χ0n) is 20.7. The first-order valence-corrected chi connectivity index (χ1v) is 12.2. The first-order chi connectivity index (χ1) is 16.0. The lowest BCUT2D eigenvalue weighted by Gasteiger charge is -2.41. The van der Waals surface area contributed by atoms with Crippen LogP contribution >= 0.6 is 0 Å². The highest BCUT2D eigenvalue weighted by atomic mass is 35.5. The van der Waals surface area contributed by atoms with Gasteiger partial charge in [-0.2, -0.15) is 4.40 Å². The van der Waals surface area contributed by atoms with Crippen molar-refractivity contribution in [1.82, 2.24) is 14.5 Å². The Labute approximate surface area is 217 Å². The summed E-state index contributed by atoms with van der Waals surface area (Å²) in [5, 5.41) is 0. The summed E-state index contributed by atoms with van der Waals surface area (Å²) in [6.07, 6.45) is 4.58. The largest absolute Gasteiger partial charge is 1.00 e. The van der Waals surface area contributed by atoms with Crippen molar-refractivity contribution >= 4 is 16.7 Å². The predicted molar refractivity (Wildman–Crippen MR) is 123 cm³/mol. The molecule has 11 heteroatoms. The molecule has 0 atom stereocenters. The van der Waals surface area contributed by atoms with Gasteiger partial charge in [-0.3, -0.25) is 14.3 Å². The van der Waals surface area contributed by atoms with Crippen molar-refractivity contribution in [2.45, 2.75) is 58.3 Å². The number of hydrogen-bond acceptors (Lipinski definition) is 5. The Hall–Kier alpha value is -1.91. The number of ether oxygens (including phenoxy) is 3. The minimum Gasteiger partial charge on any atom is -1.00 e. The van der Waals surface area contributed by atoms with Gasteiger partial charge in [0.25, 0.3) is 17.1 Å². The molecule has 1 spiro atoms. The number of nitrogens with zero attached hydrogens (tertiary/aromatic N) is 3. The molecule has 2 aliphatic rings. The summed E-state index contributed by atoms with van der Waals surface area (Å²) in [5.41, 5.74) is 3.16. The molecule has 0 aliphatic carbocycles. The number of rotatable bonds is 6. The van der Waals surface area contributed by atoms with Gasteiger partial charge >= 0.3 is 0 Å². The number of imidazole rings is 1. The maximum Gasteiger partial charge on any atom is 0.296 e. The number of halogens is 2. The molecule has 2 saturated heterocycles. The molecule has 3 aromatic heterocycles. The van der Waals surface area contributed by atoms with E-state index in [1.807, 2.05) is 28.0 Å². The van der Waals surface area contributed by atoms with Gasteiger partial charge in [0.1, 0.15) is 11.2 Å². The highest BCUT2D eigenvalue weighted by Crippen LogP contribution is 2.26. The molecular weight excluding hydrogens is 493 g/mol. The summed E-state index contributed by atoms with van der Waals surface area (Å²) >= 11 is 0. The lowest BCUT2D eigenvalue weighted by Crippen LogP contribution is -3.13. The van der Waals surface area contributed by atoms with Gasteiger partial charge in [0, 0.05) is 25.5 Å². The highest BCUT2D eigenvalue weighted by molar-refractivity contribution is 5.70. The third kappa shape index (κ3) is 5.15. The van der Waals surface area contributed by atoms with Crippen molar-refractivity contribution in [3.05, 3.63) is 34.0 Å². The van der Waals surface area contributed by atoms with E-state index in [4.69, 9.17) is 19.2 Å². The van der Waals surface area contributed by atoms with Gasteiger partial charge in [-0.05, 0) is 19.4 Å². The topological polar surface area (TPSA) is 86.9 Å². The Morgan fingerprint density at radius 2 is 1.94 bits per heavy atom. The number of nitrogens with one attached hydrogen (secondary N) is 2. The molecule has 2 aliphatic heterocycles. The molecule has 0 radical (unpaired) electrons. The van der Waals surface area contributed by atoms with Crippen molar-refractivity contribution in [2.24, 2.45) is 0 Å². The van der Waals surface area contributed by atoms with E-state index in [1.54, 1.807) is 12.0 Å². The van der Waals surface area contributed by atoms with Crippen LogP contribution in [0.2, 0.25) is 0 Å².